The normalized spacial score (nSPS) is 14.6. The zero-order chi connectivity index (χ0) is 10.4. The molecule has 0 unspecified atom stereocenters. The number of thiophene rings is 1. The van der Waals surface area contributed by atoms with Gasteiger partial charge in [0, 0.05) is 37.1 Å². The van der Waals surface area contributed by atoms with Crippen LogP contribution in [0, 0.1) is 0 Å². The predicted octanol–water partition coefficient (Wildman–Crippen LogP) is 1.45. The molecule has 0 fully saturated rings. The molecule has 0 aliphatic carbocycles. The first kappa shape index (κ1) is 9.24. The number of benzene rings is 1. The molecule has 76 valence electrons. The fourth-order valence-corrected chi connectivity index (χ4v) is 3.57. The molecule has 0 saturated carbocycles. The highest BCUT2D eigenvalue weighted by Gasteiger charge is 2.10. The van der Waals surface area contributed by atoms with Crippen molar-refractivity contribution in [2.75, 3.05) is 6.54 Å². The standard InChI is InChI=1S/C11H8BrNOS/c12-7-5-13-4-6-10-8(14)2-1-3-9(10)15-11(6)7/h1-4,13-14H,5H2. The molecule has 0 saturated heterocycles. The number of fused-ring (bicyclic) bond motifs is 3. The Bertz CT molecular complexity index is 659. The molecule has 3 rings (SSSR count). The van der Waals surface area contributed by atoms with Gasteiger partial charge in [0.2, 0.25) is 0 Å². The highest BCUT2D eigenvalue weighted by atomic mass is 79.9. The van der Waals surface area contributed by atoms with Crippen molar-refractivity contribution >= 4 is 48.0 Å². The van der Waals surface area contributed by atoms with Gasteiger partial charge in [-0.15, -0.1) is 11.3 Å². The Morgan fingerprint density at radius 1 is 1.40 bits per heavy atom. The maximum absolute atomic E-state index is 9.84. The minimum Gasteiger partial charge on any atom is -0.507 e. The third-order valence-electron chi connectivity index (χ3n) is 2.48. The van der Waals surface area contributed by atoms with Crippen molar-refractivity contribution < 1.29 is 5.11 Å². The third-order valence-corrected chi connectivity index (χ3v) is 4.65. The molecule has 15 heavy (non-hydrogen) atoms. The van der Waals surface area contributed by atoms with Crippen molar-refractivity contribution in [3.8, 4) is 5.75 Å². The van der Waals surface area contributed by atoms with Gasteiger partial charge in [-0.2, -0.15) is 0 Å². The van der Waals surface area contributed by atoms with Crippen molar-refractivity contribution in [3.05, 3.63) is 28.0 Å². The summed E-state index contributed by atoms with van der Waals surface area (Å²) in [5.74, 6) is 0.352. The summed E-state index contributed by atoms with van der Waals surface area (Å²) in [6, 6.07) is 5.64. The Hall–Kier alpha value is -1.00. The molecule has 2 aromatic rings. The van der Waals surface area contributed by atoms with Gasteiger partial charge in [-0.25, -0.2) is 0 Å². The Balaban J connectivity index is 2.65. The second kappa shape index (κ2) is 3.25. The number of phenolic OH excluding ortho intramolecular Hbond substituents is 1. The first-order valence-electron chi connectivity index (χ1n) is 4.60. The van der Waals surface area contributed by atoms with E-state index >= 15 is 0 Å². The van der Waals surface area contributed by atoms with Crippen molar-refractivity contribution in [2.45, 2.75) is 0 Å². The maximum Gasteiger partial charge on any atom is 0.124 e. The quantitative estimate of drug-likeness (QED) is 0.766. The summed E-state index contributed by atoms with van der Waals surface area (Å²) in [6.45, 7) is 0.820. The van der Waals surface area contributed by atoms with Gasteiger partial charge < -0.3 is 10.4 Å². The van der Waals surface area contributed by atoms with Crippen LogP contribution in [0.4, 0.5) is 0 Å². The van der Waals surface area contributed by atoms with E-state index in [0.717, 1.165) is 26.3 Å². The number of hydrogen-bond acceptors (Lipinski definition) is 3. The number of phenols is 1. The largest absolute Gasteiger partial charge is 0.507 e. The summed E-state index contributed by atoms with van der Waals surface area (Å²) in [5.41, 5.74) is 0. The van der Waals surface area contributed by atoms with E-state index in [4.69, 9.17) is 0 Å². The molecular formula is C11H8BrNOS. The smallest absolute Gasteiger partial charge is 0.124 e. The Kier molecular flexibility index (Phi) is 2.00. The third kappa shape index (κ3) is 1.28. The minimum absolute atomic E-state index is 0.352. The van der Waals surface area contributed by atoms with Crippen molar-refractivity contribution in [1.82, 2.24) is 5.32 Å². The average molecular weight is 282 g/mol. The van der Waals surface area contributed by atoms with Crippen LogP contribution in [0.1, 0.15) is 0 Å². The lowest BCUT2D eigenvalue weighted by Crippen LogP contribution is -2.31. The monoisotopic (exact) mass is 281 g/mol. The predicted molar refractivity (Wildman–Crippen MR) is 67.5 cm³/mol. The van der Waals surface area contributed by atoms with Crippen molar-refractivity contribution in [3.63, 3.8) is 0 Å². The fraction of sp³-hybridized carbons (Fsp3) is 0.0909. The Morgan fingerprint density at radius 2 is 2.27 bits per heavy atom. The number of rotatable bonds is 0. The number of nitrogens with one attached hydrogen (secondary N) is 1. The van der Waals surface area contributed by atoms with E-state index in [-0.39, 0.29) is 0 Å². The molecule has 0 amide bonds. The van der Waals surface area contributed by atoms with Crippen LogP contribution in [0.5, 0.6) is 5.75 Å². The van der Waals surface area contributed by atoms with Crippen LogP contribution in [-0.2, 0) is 0 Å². The summed E-state index contributed by atoms with van der Waals surface area (Å²) in [4.78, 5) is 0. The van der Waals surface area contributed by atoms with Gasteiger partial charge in [-0.3, -0.25) is 0 Å². The second-order valence-electron chi connectivity index (χ2n) is 3.43. The highest BCUT2D eigenvalue weighted by Crippen LogP contribution is 2.23. The average Bonchev–Trinajstić information content (AvgIpc) is 2.59. The SMILES string of the molecule is Oc1cccc2sc3c(c12)=CNCC=3Br. The lowest BCUT2D eigenvalue weighted by atomic mass is 10.2. The van der Waals surface area contributed by atoms with Crippen molar-refractivity contribution in [2.24, 2.45) is 0 Å². The molecule has 0 bridgehead atoms. The maximum atomic E-state index is 9.84. The molecule has 0 radical (unpaired) electrons. The lowest BCUT2D eigenvalue weighted by molar-refractivity contribution is 0.481. The molecule has 1 aromatic heterocycles. The van der Waals surface area contributed by atoms with Crippen LogP contribution in [0.2, 0.25) is 0 Å². The molecular weight excluding hydrogens is 274 g/mol. The summed E-state index contributed by atoms with van der Waals surface area (Å²) in [6.07, 6.45) is 1.97. The molecule has 2 heterocycles. The van der Waals surface area contributed by atoms with Gasteiger partial charge in [0.15, 0.2) is 0 Å². The van der Waals surface area contributed by atoms with Crippen LogP contribution in [0.25, 0.3) is 20.8 Å². The van der Waals surface area contributed by atoms with Crippen LogP contribution < -0.4 is 15.1 Å². The summed E-state index contributed by atoms with van der Waals surface area (Å²) >= 11 is 5.26. The molecule has 2 N–H and O–H groups in total. The molecule has 2 nitrogen and oxygen atoms in total. The lowest BCUT2D eigenvalue weighted by Gasteiger charge is -2.03. The van der Waals surface area contributed by atoms with E-state index in [9.17, 15) is 5.11 Å². The van der Waals surface area contributed by atoms with E-state index in [1.807, 2.05) is 18.3 Å². The first-order valence-corrected chi connectivity index (χ1v) is 6.21. The Labute approximate surface area is 98.7 Å². The zero-order valence-corrected chi connectivity index (χ0v) is 10.2. The van der Waals surface area contributed by atoms with E-state index in [1.165, 1.54) is 4.53 Å². The number of halogens is 1. The van der Waals surface area contributed by atoms with E-state index < -0.39 is 0 Å². The fourth-order valence-electron chi connectivity index (χ4n) is 1.82. The van der Waals surface area contributed by atoms with E-state index in [2.05, 4.69) is 21.2 Å². The van der Waals surface area contributed by atoms with Crippen LogP contribution >= 0.6 is 27.3 Å². The summed E-state index contributed by atoms with van der Waals surface area (Å²) < 4.78 is 3.49. The van der Waals surface area contributed by atoms with Crippen LogP contribution in [-0.4, -0.2) is 11.7 Å². The highest BCUT2D eigenvalue weighted by molar-refractivity contribution is 9.15. The zero-order valence-electron chi connectivity index (χ0n) is 7.75. The second-order valence-corrected chi connectivity index (χ2v) is 5.43. The Morgan fingerprint density at radius 3 is 3.13 bits per heavy atom. The van der Waals surface area contributed by atoms with E-state index in [1.54, 1.807) is 17.4 Å². The molecule has 4 heteroatoms. The summed E-state index contributed by atoms with van der Waals surface area (Å²) in [7, 11) is 0. The van der Waals surface area contributed by atoms with Crippen LogP contribution in [0.3, 0.4) is 0 Å². The number of hydrogen-bond donors (Lipinski definition) is 2. The topological polar surface area (TPSA) is 32.3 Å². The molecule has 0 spiro atoms. The molecule has 1 aliphatic heterocycles. The van der Waals surface area contributed by atoms with E-state index in [0.29, 0.717) is 5.75 Å². The van der Waals surface area contributed by atoms with Gasteiger partial charge in [0.1, 0.15) is 5.75 Å². The van der Waals surface area contributed by atoms with Gasteiger partial charge in [-0.1, -0.05) is 22.0 Å². The summed E-state index contributed by atoms with van der Waals surface area (Å²) in [5, 5.41) is 15.1. The minimum atomic E-state index is 0.352. The van der Waals surface area contributed by atoms with Crippen molar-refractivity contribution in [1.29, 1.82) is 0 Å². The molecule has 1 aromatic carbocycles. The van der Waals surface area contributed by atoms with Gasteiger partial charge in [0.05, 0.1) is 0 Å². The molecule has 1 aliphatic rings. The van der Waals surface area contributed by atoms with Gasteiger partial charge in [0.25, 0.3) is 0 Å². The first-order chi connectivity index (χ1) is 7.27. The number of aromatic hydroxyl groups is 1. The van der Waals surface area contributed by atoms with Gasteiger partial charge >= 0.3 is 0 Å². The molecule has 0 atom stereocenters. The van der Waals surface area contributed by atoms with Gasteiger partial charge in [-0.05, 0) is 12.1 Å². The van der Waals surface area contributed by atoms with Crippen LogP contribution in [0.15, 0.2) is 18.2 Å².